The van der Waals surface area contributed by atoms with Gasteiger partial charge in [0.1, 0.15) is 12.2 Å². The van der Waals surface area contributed by atoms with Crippen molar-refractivity contribution in [2.75, 3.05) is 0 Å². The molecule has 2 atom stereocenters. The van der Waals surface area contributed by atoms with Gasteiger partial charge in [-0.3, -0.25) is 0 Å². The van der Waals surface area contributed by atoms with Crippen molar-refractivity contribution >= 4 is 15.9 Å². The van der Waals surface area contributed by atoms with Gasteiger partial charge >= 0.3 is 0 Å². The minimum absolute atomic E-state index is 0.515. The number of aromatic nitrogens is 3. The van der Waals surface area contributed by atoms with Crippen molar-refractivity contribution in [3.63, 3.8) is 0 Å². The van der Waals surface area contributed by atoms with Gasteiger partial charge in [0.15, 0.2) is 0 Å². The molecule has 0 bridgehead atoms. The third-order valence-corrected chi connectivity index (χ3v) is 3.42. The molecule has 1 aromatic heterocycles. The van der Waals surface area contributed by atoms with Crippen LogP contribution in [0.5, 0.6) is 0 Å². The summed E-state index contributed by atoms with van der Waals surface area (Å²) in [5, 5.41) is 4.26. The van der Waals surface area contributed by atoms with Gasteiger partial charge < -0.3 is 0 Å². The fourth-order valence-electron chi connectivity index (χ4n) is 1.39. The quantitative estimate of drug-likeness (QED) is 0.773. The Labute approximate surface area is 100 Å². The predicted octanol–water partition coefficient (Wildman–Crippen LogP) is 2.90. The fourth-order valence-corrected chi connectivity index (χ4v) is 1.58. The maximum Gasteiger partial charge on any atom is 0.138 e. The van der Waals surface area contributed by atoms with Crippen LogP contribution >= 0.6 is 15.9 Å². The molecule has 1 rings (SSSR count). The molecule has 0 saturated heterocycles. The Morgan fingerprint density at radius 2 is 2.00 bits per heavy atom. The Morgan fingerprint density at radius 3 is 2.53 bits per heavy atom. The van der Waals surface area contributed by atoms with Crippen LogP contribution in [0, 0.1) is 11.8 Å². The van der Waals surface area contributed by atoms with Gasteiger partial charge in [0.05, 0.1) is 0 Å². The van der Waals surface area contributed by atoms with Crippen molar-refractivity contribution in [3.8, 4) is 0 Å². The molecule has 0 fully saturated rings. The molecule has 2 unspecified atom stereocenters. The van der Waals surface area contributed by atoms with E-state index < -0.39 is 0 Å². The summed E-state index contributed by atoms with van der Waals surface area (Å²) in [6.07, 6.45) is 2.64. The molecule has 0 amide bonds. The standard InChI is InChI=1S/C11H20BrN3/c1-8(2)6-15-11(13-7-14-15)5-9(3)10(4)12/h7-10H,5-6H2,1-4H3. The lowest BCUT2D eigenvalue weighted by Gasteiger charge is -2.14. The molecule has 0 saturated carbocycles. The van der Waals surface area contributed by atoms with E-state index in [9.17, 15) is 0 Å². The van der Waals surface area contributed by atoms with Gasteiger partial charge in [-0.15, -0.1) is 0 Å². The SMILES string of the molecule is CC(C)Cn1ncnc1CC(C)C(C)Br. The third-order valence-electron chi connectivity index (χ3n) is 2.52. The largest absolute Gasteiger partial charge is 0.250 e. The second kappa shape index (κ2) is 5.64. The average molecular weight is 274 g/mol. The summed E-state index contributed by atoms with van der Waals surface area (Å²) in [5.41, 5.74) is 0. The Balaban J connectivity index is 2.64. The average Bonchev–Trinajstić information content (AvgIpc) is 2.51. The van der Waals surface area contributed by atoms with Gasteiger partial charge in [-0.25, -0.2) is 9.67 Å². The lowest BCUT2D eigenvalue weighted by atomic mass is 10.0. The minimum atomic E-state index is 0.515. The monoisotopic (exact) mass is 273 g/mol. The number of nitrogens with zero attached hydrogens (tertiary/aromatic N) is 3. The molecule has 0 N–H and O–H groups in total. The molecule has 0 spiro atoms. The molecule has 3 nitrogen and oxygen atoms in total. The first-order chi connectivity index (χ1) is 7.00. The third kappa shape index (κ3) is 3.93. The Kier molecular flexibility index (Phi) is 4.77. The number of hydrogen-bond acceptors (Lipinski definition) is 2. The first kappa shape index (κ1) is 12.7. The van der Waals surface area contributed by atoms with E-state index in [1.807, 2.05) is 4.68 Å². The van der Waals surface area contributed by atoms with Gasteiger partial charge in [0.2, 0.25) is 0 Å². The van der Waals surface area contributed by atoms with Crippen molar-refractivity contribution < 1.29 is 0 Å². The van der Waals surface area contributed by atoms with Crippen LogP contribution in [-0.2, 0) is 13.0 Å². The highest BCUT2D eigenvalue weighted by Gasteiger charge is 2.14. The van der Waals surface area contributed by atoms with Gasteiger partial charge in [-0.05, 0) is 11.8 Å². The Bertz CT molecular complexity index is 294. The topological polar surface area (TPSA) is 30.7 Å². The zero-order chi connectivity index (χ0) is 11.4. The highest BCUT2D eigenvalue weighted by molar-refractivity contribution is 9.09. The molecule has 0 aliphatic carbocycles. The van der Waals surface area contributed by atoms with Crippen LogP contribution in [0.4, 0.5) is 0 Å². The smallest absolute Gasteiger partial charge is 0.138 e. The summed E-state index contributed by atoms with van der Waals surface area (Å²) in [6.45, 7) is 9.75. The number of hydrogen-bond donors (Lipinski definition) is 0. The van der Waals surface area contributed by atoms with E-state index in [1.54, 1.807) is 6.33 Å². The van der Waals surface area contributed by atoms with E-state index >= 15 is 0 Å². The summed E-state index contributed by atoms with van der Waals surface area (Å²) >= 11 is 3.60. The zero-order valence-electron chi connectivity index (χ0n) is 9.94. The lowest BCUT2D eigenvalue weighted by Crippen LogP contribution is -2.16. The van der Waals surface area contributed by atoms with Crippen molar-refractivity contribution in [1.29, 1.82) is 0 Å². The minimum Gasteiger partial charge on any atom is -0.250 e. The second-order valence-corrected chi connectivity index (χ2v) is 6.06. The van der Waals surface area contributed by atoms with Crippen LogP contribution in [0.3, 0.4) is 0 Å². The molecule has 0 aromatic carbocycles. The van der Waals surface area contributed by atoms with Crippen molar-refractivity contribution in [2.24, 2.45) is 11.8 Å². The summed E-state index contributed by atoms with van der Waals surface area (Å²) in [7, 11) is 0. The molecule has 1 aromatic rings. The molecular formula is C11H20BrN3. The maximum absolute atomic E-state index is 4.32. The van der Waals surface area contributed by atoms with Crippen LogP contribution < -0.4 is 0 Å². The van der Waals surface area contributed by atoms with Gasteiger partial charge in [0.25, 0.3) is 0 Å². The Morgan fingerprint density at radius 1 is 1.33 bits per heavy atom. The van der Waals surface area contributed by atoms with Crippen molar-refractivity contribution in [2.45, 2.75) is 45.5 Å². The summed E-state index contributed by atoms with van der Waals surface area (Å²) < 4.78 is 2.02. The summed E-state index contributed by atoms with van der Waals surface area (Å²) in [6, 6.07) is 0. The van der Waals surface area contributed by atoms with Crippen molar-refractivity contribution in [3.05, 3.63) is 12.2 Å². The van der Waals surface area contributed by atoms with E-state index in [0.29, 0.717) is 16.7 Å². The first-order valence-corrected chi connectivity index (χ1v) is 6.43. The molecule has 0 aliphatic heterocycles. The molecule has 15 heavy (non-hydrogen) atoms. The van der Waals surface area contributed by atoms with Gasteiger partial charge in [-0.2, -0.15) is 5.10 Å². The number of halogens is 1. The Hall–Kier alpha value is -0.380. The number of rotatable bonds is 5. The molecular weight excluding hydrogens is 254 g/mol. The maximum atomic E-state index is 4.32. The van der Waals surface area contributed by atoms with Gasteiger partial charge in [0, 0.05) is 17.8 Å². The van der Waals surface area contributed by atoms with Crippen LogP contribution in [0.25, 0.3) is 0 Å². The van der Waals surface area contributed by atoms with Crippen LogP contribution in [0.2, 0.25) is 0 Å². The number of alkyl halides is 1. The molecule has 0 radical (unpaired) electrons. The van der Waals surface area contributed by atoms with Crippen LogP contribution in [-0.4, -0.2) is 19.6 Å². The molecule has 86 valence electrons. The van der Waals surface area contributed by atoms with E-state index in [-0.39, 0.29) is 0 Å². The zero-order valence-corrected chi connectivity index (χ0v) is 11.5. The molecule has 0 aliphatic rings. The predicted molar refractivity (Wildman–Crippen MR) is 66.1 cm³/mol. The van der Waals surface area contributed by atoms with E-state index in [1.165, 1.54) is 0 Å². The van der Waals surface area contributed by atoms with Crippen LogP contribution in [0.1, 0.15) is 33.5 Å². The fraction of sp³-hybridized carbons (Fsp3) is 0.818. The highest BCUT2D eigenvalue weighted by Crippen LogP contribution is 2.16. The highest BCUT2D eigenvalue weighted by atomic mass is 79.9. The van der Waals surface area contributed by atoms with E-state index in [4.69, 9.17) is 0 Å². The van der Waals surface area contributed by atoms with E-state index in [0.717, 1.165) is 18.8 Å². The first-order valence-electron chi connectivity index (χ1n) is 5.51. The van der Waals surface area contributed by atoms with Crippen LogP contribution in [0.15, 0.2) is 6.33 Å². The normalized spacial score (nSPS) is 15.6. The molecule has 4 heteroatoms. The molecule has 1 heterocycles. The second-order valence-electron chi connectivity index (χ2n) is 4.61. The van der Waals surface area contributed by atoms with E-state index in [2.05, 4.69) is 53.7 Å². The van der Waals surface area contributed by atoms with Crippen molar-refractivity contribution in [1.82, 2.24) is 14.8 Å². The lowest BCUT2D eigenvalue weighted by molar-refractivity contribution is 0.447. The summed E-state index contributed by atoms with van der Waals surface area (Å²) in [4.78, 5) is 4.84. The van der Waals surface area contributed by atoms with Gasteiger partial charge in [-0.1, -0.05) is 43.6 Å². The summed E-state index contributed by atoms with van der Waals surface area (Å²) in [5.74, 6) is 2.30.